The monoisotopic (exact) mass is 408 g/mol. The van der Waals surface area contributed by atoms with Crippen LogP contribution < -0.4 is 15.8 Å². The Hall–Kier alpha value is -2.86. The first-order chi connectivity index (χ1) is 14.5. The second-order valence-corrected chi connectivity index (χ2v) is 7.94. The third-order valence-electron chi connectivity index (χ3n) is 5.61. The molecule has 6 heteroatoms. The van der Waals surface area contributed by atoms with Crippen molar-refractivity contribution >= 4 is 17.5 Å². The molecule has 3 rings (SSSR count). The average Bonchev–Trinajstić information content (AvgIpc) is 2.76. The number of aryl methyl sites for hydroxylation is 3. The van der Waals surface area contributed by atoms with Crippen LogP contribution in [0.15, 0.2) is 48.5 Å². The molecule has 2 aromatic rings. The molecule has 1 saturated heterocycles. The average molecular weight is 409 g/mol. The van der Waals surface area contributed by atoms with Crippen LogP contribution in [0, 0.1) is 13.8 Å². The Bertz CT molecular complexity index is 846. The van der Waals surface area contributed by atoms with Crippen LogP contribution in [0.3, 0.4) is 0 Å². The summed E-state index contributed by atoms with van der Waals surface area (Å²) >= 11 is 0. The van der Waals surface area contributed by atoms with E-state index in [0.29, 0.717) is 25.8 Å². The first-order valence-electron chi connectivity index (χ1n) is 10.7. The van der Waals surface area contributed by atoms with E-state index in [1.165, 1.54) is 16.8 Å². The summed E-state index contributed by atoms with van der Waals surface area (Å²) in [5.74, 6) is -0.319. The van der Waals surface area contributed by atoms with E-state index >= 15 is 0 Å². The summed E-state index contributed by atoms with van der Waals surface area (Å²) in [4.78, 5) is 28.8. The molecule has 0 aliphatic carbocycles. The van der Waals surface area contributed by atoms with Crippen molar-refractivity contribution < 1.29 is 9.59 Å². The smallest absolute Gasteiger partial charge is 0.239 e. The predicted molar refractivity (Wildman–Crippen MR) is 120 cm³/mol. The molecule has 0 aromatic heterocycles. The van der Waals surface area contributed by atoms with Gasteiger partial charge in [0, 0.05) is 51.3 Å². The van der Waals surface area contributed by atoms with Gasteiger partial charge in [-0.25, -0.2) is 0 Å². The van der Waals surface area contributed by atoms with Gasteiger partial charge in [0.05, 0.1) is 0 Å². The summed E-state index contributed by atoms with van der Waals surface area (Å²) in [6.45, 7) is 8.60. The van der Waals surface area contributed by atoms with Crippen molar-refractivity contribution in [1.82, 2.24) is 15.8 Å². The summed E-state index contributed by atoms with van der Waals surface area (Å²) in [5, 5.41) is 0. The fraction of sp³-hybridized carbons (Fsp3) is 0.417. The SMILES string of the molecule is Cc1ccc(CCC(=O)NNC(=O)CCN2CCN(c3ccccc3)CC2)c(C)c1. The molecular weight excluding hydrogens is 376 g/mol. The van der Waals surface area contributed by atoms with Gasteiger partial charge in [0.15, 0.2) is 0 Å². The minimum Gasteiger partial charge on any atom is -0.369 e. The lowest BCUT2D eigenvalue weighted by atomic mass is 10.0. The Morgan fingerprint density at radius 3 is 2.20 bits per heavy atom. The number of piperazine rings is 1. The molecule has 2 aromatic carbocycles. The Morgan fingerprint density at radius 2 is 1.53 bits per heavy atom. The number of anilines is 1. The van der Waals surface area contributed by atoms with Crippen molar-refractivity contribution in [1.29, 1.82) is 0 Å². The number of amides is 2. The van der Waals surface area contributed by atoms with Crippen LogP contribution in [0.2, 0.25) is 0 Å². The molecule has 6 nitrogen and oxygen atoms in total. The van der Waals surface area contributed by atoms with Gasteiger partial charge >= 0.3 is 0 Å². The van der Waals surface area contributed by atoms with Crippen LogP contribution in [0.1, 0.15) is 29.5 Å². The fourth-order valence-electron chi connectivity index (χ4n) is 3.77. The van der Waals surface area contributed by atoms with Crippen molar-refractivity contribution in [2.75, 3.05) is 37.6 Å². The van der Waals surface area contributed by atoms with Gasteiger partial charge in [-0.1, -0.05) is 42.0 Å². The van der Waals surface area contributed by atoms with E-state index in [1.807, 2.05) is 6.07 Å². The highest BCUT2D eigenvalue weighted by Crippen LogP contribution is 2.15. The molecule has 0 saturated carbocycles. The molecule has 1 aliphatic rings. The van der Waals surface area contributed by atoms with E-state index in [-0.39, 0.29) is 11.8 Å². The Morgan fingerprint density at radius 1 is 0.867 bits per heavy atom. The molecule has 2 amide bonds. The molecule has 30 heavy (non-hydrogen) atoms. The third-order valence-corrected chi connectivity index (χ3v) is 5.61. The minimum atomic E-state index is -0.167. The fourth-order valence-corrected chi connectivity index (χ4v) is 3.77. The number of nitrogens with one attached hydrogen (secondary N) is 2. The standard InChI is InChI=1S/C24H32N4O2/c1-19-8-9-21(20(2)18-19)10-11-23(29)25-26-24(30)12-13-27-14-16-28(17-15-27)22-6-4-3-5-7-22/h3-9,18H,10-17H2,1-2H3,(H,25,29)(H,26,30). The molecule has 0 bridgehead atoms. The summed E-state index contributed by atoms with van der Waals surface area (Å²) in [7, 11) is 0. The lowest BCUT2D eigenvalue weighted by Gasteiger charge is -2.36. The Kier molecular flexibility index (Phi) is 7.85. The van der Waals surface area contributed by atoms with Crippen LogP contribution in [0.25, 0.3) is 0 Å². The van der Waals surface area contributed by atoms with Gasteiger partial charge in [0.2, 0.25) is 11.8 Å². The lowest BCUT2D eigenvalue weighted by Crippen LogP contribution is -2.48. The van der Waals surface area contributed by atoms with Crippen molar-refractivity contribution in [2.24, 2.45) is 0 Å². The van der Waals surface area contributed by atoms with Crippen LogP contribution in [-0.4, -0.2) is 49.4 Å². The molecule has 1 fully saturated rings. The van der Waals surface area contributed by atoms with E-state index < -0.39 is 0 Å². The van der Waals surface area contributed by atoms with E-state index in [4.69, 9.17) is 0 Å². The highest BCUT2D eigenvalue weighted by Gasteiger charge is 2.17. The first-order valence-corrected chi connectivity index (χ1v) is 10.7. The van der Waals surface area contributed by atoms with Crippen molar-refractivity contribution in [2.45, 2.75) is 33.1 Å². The summed E-state index contributed by atoms with van der Waals surface area (Å²) in [6.07, 6.45) is 1.40. The largest absolute Gasteiger partial charge is 0.369 e. The van der Waals surface area contributed by atoms with Gasteiger partial charge in [-0.3, -0.25) is 25.3 Å². The number of carbonyl (C=O) groups excluding carboxylic acids is 2. The number of nitrogens with zero attached hydrogens (tertiary/aromatic N) is 2. The zero-order valence-electron chi connectivity index (χ0n) is 18.0. The molecule has 0 radical (unpaired) electrons. The van der Waals surface area contributed by atoms with Crippen molar-refractivity contribution in [3.8, 4) is 0 Å². The molecule has 160 valence electrons. The maximum absolute atomic E-state index is 12.1. The number of carbonyl (C=O) groups is 2. The second kappa shape index (κ2) is 10.8. The minimum absolute atomic E-state index is 0.152. The van der Waals surface area contributed by atoms with Gasteiger partial charge in [-0.05, 0) is 43.5 Å². The summed E-state index contributed by atoms with van der Waals surface area (Å²) in [5.41, 5.74) is 9.90. The Balaban J connectivity index is 1.30. The number of benzene rings is 2. The first kappa shape index (κ1) is 21.8. The van der Waals surface area contributed by atoms with E-state index in [0.717, 1.165) is 31.7 Å². The summed E-state index contributed by atoms with van der Waals surface area (Å²) in [6, 6.07) is 16.6. The third kappa shape index (κ3) is 6.59. The maximum Gasteiger partial charge on any atom is 0.239 e. The van der Waals surface area contributed by atoms with Crippen LogP contribution >= 0.6 is 0 Å². The van der Waals surface area contributed by atoms with E-state index in [9.17, 15) is 9.59 Å². The predicted octanol–water partition coefficient (Wildman–Crippen LogP) is 2.60. The quantitative estimate of drug-likeness (QED) is 0.692. The van der Waals surface area contributed by atoms with Gasteiger partial charge in [-0.2, -0.15) is 0 Å². The van der Waals surface area contributed by atoms with Crippen LogP contribution in [0.5, 0.6) is 0 Å². The van der Waals surface area contributed by atoms with E-state index in [2.05, 4.69) is 77.0 Å². The normalized spacial score (nSPS) is 14.4. The zero-order valence-corrected chi connectivity index (χ0v) is 18.0. The second-order valence-electron chi connectivity index (χ2n) is 7.94. The number of hydrogen-bond donors (Lipinski definition) is 2. The van der Waals surface area contributed by atoms with Crippen LogP contribution in [-0.2, 0) is 16.0 Å². The number of para-hydroxylation sites is 1. The van der Waals surface area contributed by atoms with Crippen molar-refractivity contribution in [3.63, 3.8) is 0 Å². The summed E-state index contributed by atoms with van der Waals surface area (Å²) < 4.78 is 0. The number of hydrazine groups is 1. The van der Waals surface area contributed by atoms with Crippen molar-refractivity contribution in [3.05, 3.63) is 65.2 Å². The molecule has 0 spiro atoms. The molecule has 0 unspecified atom stereocenters. The highest BCUT2D eigenvalue weighted by atomic mass is 16.2. The molecule has 1 heterocycles. The van der Waals surface area contributed by atoms with Gasteiger partial charge in [-0.15, -0.1) is 0 Å². The number of rotatable bonds is 7. The number of hydrogen-bond acceptors (Lipinski definition) is 4. The molecule has 2 N–H and O–H groups in total. The van der Waals surface area contributed by atoms with Gasteiger partial charge < -0.3 is 4.90 Å². The van der Waals surface area contributed by atoms with Crippen LogP contribution in [0.4, 0.5) is 5.69 Å². The van der Waals surface area contributed by atoms with Gasteiger partial charge in [0.25, 0.3) is 0 Å². The highest BCUT2D eigenvalue weighted by molar-refractivity contribution is 5.82. The topological polar surface area (TPSA) is 64.7 Å². The molecule has 0 atom stereocenters. The Labute approximate surface area is 179 Å². The van der Waals surface area contributed by atoms with Gasteiger partial charge in [0.1, 0.15) is 0 Å². The molecular formula is C24H32N4O2. The lowest BCUT2D eigenvalue weighted by molar-refractivity contribution is -0.129. The molecule has 1 aliphatic heterocycles. The van der Waals surface area contributed by atoms with E-state index in [1.54, 1.807) is 0 Å². The maximum atomic E-state index is 12.1. The zero-order chi connectivity index (χ0) is 21.3.